The molecule has 0 spiro atoms. The minimum atomic E-state index is 0. The van der Waals surface area contributed by atoms with E-state index in [2.05, 4.69) is 117 Å². The fourth-order valence-electron chi connectivity index (χ4n) is 2.96. The van der Waals surface area contributed by atoms with E-state index in [0.717, 1.165) is 0 Å². The molecule has 2 aromatic rings. The number of rotatable bonds is 3. The Morgan fingerprint density at radius 1 is 0.731 bits per heavy atom. The normalized spacial score (nSPS) is 12.6. The third-order valence-corrected chi connectivity index (χ3v) is 4.41. The van der Waals surface area contributed by atoms with E-state index in [-0.39, 0.29) is 7.43 Å². The summed E-state index contributed by atoms with van der Waals surface area (Å²) in [6.07, 6.45) is 8.76. The second-order valence-electron chi connectivity index (χ2n) is 6.62. The first kappa shape index (κ1) is 19.5. The summed E-state index contributed by atoms with van der Waals surface area (Å²) >= 11 is 0. The summed E-state index contributed by atoms with van der Waals surface area (Å²) in [6, 6.07) is 19.4. The van der Waals surface area contributed by atoms with Crippen molar-refractivity contribution < 1.29 is 4.58 Å². The Kier molecular flexibility index (Phi) is 6.35. The average Bonchev–Trinajstić information content (AvgIpc) is 2.64. The Morgan fingerprint density at radius 3 is 1.77 bits per heavy atom. The monoisotopic (exact) mass is 344 g/mol. The van der Waals surface area contributed by atoms with Crippen LogP contribution in [0.3, 0.4) is 0 Å². The Bertz CT molecular complexity index is 842. The Morgan fingerprint density at radius 2 is 1.27 bits per heavy atom. The Balaban J connectivity index is 0.00000243. The molecule has 2 aromatic carbocycles. The highest BCUT2D eigenvalue weighted by Crippen LogP contribution is 2.30. The first-order valence-electron chi connectivity index (χ1n) is 8.54. The molecule has 0 heterocycles. The van der Waals surface area contributed by atoms with Crippen LogP contribution >= 0.6 is 0 Å². The highest BCUT2D eigenvalue weighted by molar-refractivity contribution is 6.03. The predicted octanol–water partition coefficient (Wildman–Crippen LogP) is 4.84. The molecule has 3 rings (SSSR count). The van der Waals surface area contributed by atoms with Gasteiger partial charge in [0.1, 0.15) is 14.1 Å². The first-order valence-corrected chi connectivity index (χ1v) is 8.54. The van der Waals surface area contributed by atoms with Crippen LogP contribution in [-0.2, 0) is 0 Å². The van der Waals surface area contributed by atoms with E-state index in [1.165, 1.54) is 33.7 Å². The maximum Gasteiger partial charge on any atom is 0.199 e. The molecule has 0 aliphatic heterocycles. The van der Waals surface area contributed by atoms with Crippen LogP contribution in [0.25, 0.3) is 5.57 Å². The summed E-state index contributed by atoms with van der Waals surface area (Å²) in [6.45, 7) is 0. The van der Waals surface area contributed by atoms with Crippen LogP contribution in [0, 0.1) is 7.43 Å². The van der Waals surface area contributed by atoms with Crippen molar-refractivity contribution in [3.05, 3.63) is 103 Å². The van der Waals surface area contributed by atoms with Gasteiger partial charge in [-0.05, 0) is 46.6 Å². The second kappa shape index (κ2) is 8.48. The fraction of sp³-hybridized carbons (Fsp3) is 0.167. The van der Waals surface area contributed by atoms with Crippen molar-refractivity contribution in [3.63, 3.8) is 0 Å². The number of allylic oxidation sites excluding steroid dienone is 5. The molecule has 1 aliphatic carbocycles. The van der Waals surface area contributed by atoms with E-state index < -0.39 is 0 Å². The van der Waals surface area contributed by atoms with Gasteiger partial charge in [0.2, 0.25) is 0 Å². The van der Waals surface area contributed by atoms with Crippen LogP contribution in [-0.4, -0.2) is 38.5 Å². The van der Waals surface area contributed by atoms with E-state index in [9.17, 15) is 0 Å². The first-order chi connectivity index (χ1) is 12.1. The molecule has 0 saturated heterocycles. The standard InChI is InChI=1S/C23H25N2.CH3/c1-24(2)21-14-10-19(11-15-21)23(18-8-6-5-7-9-18)20-12-16-22(17-13-20)25(3)4;/h5-17H,1-4H3;1H3/q+1;-1. The molecule has 0 fully saturated rings. The van der Waals surface area contributed by atoms with Crippen molar-refractivity contribution in [1.29, 1.82) is 0 Å². The lowest BCUT2D eigenvalue weighted by molar-refractivity contribution is -0.462. The molecule has 0 N–H and O–H groups in total. The lowest BCUT2D eigenvalue weighted by atomic mass is 9.90. The van der Waals surface area contributed by atoms with Crippen molar-refractivity contribution in [2.24, 2.45) is 0 Å². The lowest BCUT2D eigenvalue weighted by Gasteiger charge is -2.16. The van der Waals surface area contributed by atoms with Crippen LogP contribution < -0.4 is 4.90 Å². The fourth-order valence-corrected chi connectivity index (χ4v) is 2.96. The molecule has 0 bridgehead atoms. The summed E-state index contributed by atoms with van der Waals surface area (Å²) < 4.78 is 2.12. The van der Waals surface area contributed by atoms with Crippen molar-refractivity contribution in [1.82, 2.24) is 0 Å². The molecule has 2 nitrogen and oxygen atoms in total. The van der Waals surface area contributed by atoms with Gasteiger partial charge in [-0.3, -0.25) is 0 Å². The second-order valence-corrected chi connectivity index (χ2v) is 6.62. The summed E-state index contributed by atoms with van der Waals surface area (Å²) in [5, 5.41) is 0. The molecule has 0 saturated carbocycles. The van der Waals surface area contributed by atoms with Gasteiger partial charge in [-0.25, -0.2) is 4.58 Å². The molecule has 1 aliphatic rings. The molecule has 0 atom stereocenters. The molecule has 0 radical (unpaired) electrons. The number of nitrogens with zero attached hydrogens (tertiary/aromatic N) is 2. The van der Waals surface area contributed by atoms with Gasteiger partial charge in [-0.2, -0.15) is 0 Å². The molecule has 0 amide bonds. The highest BCUT2D eigenvalue weighted by Gasteiger charge is 2.13. The SMILES string of the molecule is CN(C)c1ccc(C(=C2C=CC(=[N+](C)C)C=C2)c2ccccc2)cc1.[CH3-]. The molecule has 0 unspecified atom stereocenters. The summed E-state index contributed by atoms with van der Waals surface area (Å²) in [5.74, 6) is 0. The maximum absolute atomic E-state index is 2.21. The smallest absolute Gasteiger partial charge is 0.199 e. The number of benzene rings is 2. The molecular weight excluding hydrogens is 316 g/mol. The van der Waals surface area contributed by atoms with Gasteiger partial charge >= 0.3 is 0 Å². The molecule has 26 heavy (non-hydrogen) atoms. The number of hydrogen-bond donors (Lipinski definition) is 0. The van der Waals surface area contributed by atoms with Crippen LogP contribution in [0.2, 0.25) is 0 Å². The molecular formula is C24H28N2. The third-order valence-electron chi connectivity index (χ3n) is 4.41. The topological polar surface area (TPSA) is 6.25 Å². The van der Waals surface area contributed by atoms with E-state index in [1.807, 2.05) is 0 Å². The van der Waals surface area contributed by atoms with Gasteiger partial charge in [0.25, 0.3) is 0 Å². The zero-order chi connectivity index (χ0) is 17.8. The average molecular weight is 345 g/mol. The third kappa shape index (κ3) is 4.20. The van der Waals surface area contributed by atoms with E-state index in [1.54, 1.807) is 0 Å². The van der Waals surface area contributed by atoms with E-state index in [4.69, 9.17) is 0 Å². The Labute approximate surface area is 158 Å². The highest BCUT2D eigenvalue weighted by atomic mass is 15.1. The minimum absolute atomic E-state index is 0. The van der Waals surface area contributed by atoms with E-state index >= 15 is 0 Å². The van der Waals surface area contributed by atoms with E-state index in [0.29, 0.717) is 0 Å². The zero-order valence-electron chi connectivity index (χ0n) is 16.4. The predicted molar refractivity (Wildman–Crippen MR) is 115 cm³/mol. The Hall–Kier alpha value is -2.87. The minimum Gasteiger partial charge on any atom is -0.378 e. The molecule has 0 aromatic heterocycles. The summed E-state index contributed by atoms with van der Waals surface area (Å²) in [5.41, 5.74) is 7.37. The van der Waals surface area contributed by atoms with Crippen molar-refractivity contribution in [3.8, 4) is 0 Å². The van der Waals surface area contributed by atoms with Crippen LogP contribution in [0.4, 0.5) is 5.69 Å². The van der Waals surface area contributed by atoms with Crippen LogP contribution in [0.15, 0.2) is 84.5 Å². The van der Waals surface area contributed by atoms with Gasteiger partial charge in [0, 0.05) is 31.9 Å². The largest absolute Gasteiger partial charge is 0.378 e. The van der Waals surface area contributed by atoms with Gasteiger partial charge in [-0.1, -0.05) is 42.5 Å². The molecule has 2 heteroatoms. The van der Waals surface area contributed by atoms with Gasteiger partial charge in [0.05, 0.1) is 0 Å². The molecule has 134 valence electrons. The van der Waals surface area contributed by atoms with Gasteiger partial charge in [-0.15, -0.1) is 0 Å². The number of hydrogen-bond acceptors (Lipinski definition) is 1. The summed E-state index contributed by atoms with van der Waals surface area (Å²) in [4.78, 5) is 2.12. The van der Waals surface area contributed by atoms with Gasteiger partial charge < -0.3 is 12.3 Å². The number of anilines is 1. The zero-order valence-corrected chi connectivity index (χ0v) is 16.4. The van der Waals surface area contributed by atoms with Crippen LogP contribution in [0.1, 0.15) is 11.1 Å². The maximum atomic E-state index is 2.21. The van der Waals surface area contributed by atoms with Crippen LogP contribution in [0.5, 0.6) is 0 Å². The summed E-state index contributed by atoms with van der Waals surface area (Å²) in [7, 11) is 8.27. The van der Waals surface area contributed by atoms with Crippen molar-refractivity contribution in [2.45, 2.75) is 0 Å². The quantitative estimate of drug-likeness (QED) is 0.570. The van der Waals surface area contributed by atoms with Crippen molar-refractivity contribution >= 4 is 17.0 Å². The lowest BCUT2D eigenvalue weighted by Crippen LogP contribution is -2.10. The van der Waals surface area contributed by atoms with Gasteiger partial charge in [0.15, 0.2) is 5.71 Å². The van der Waals surface area contributed by atoms with Crippen molar-refractivity contribution in [2.75, 3.05) is 33.1 Å².